The van der Waals surface area contributed by atoms with Gasteiger partial charge in [0, 0.05) is 3.57 Å². The maximum Gasteiger partial charge on any atom is 0.339 e. The van der Waals surface area contributed by atoms with E-state index >= 15 is 0 Å². The summed E-state index contributed by atoms with van der Waals surface area (Å²) in [6.07, 6.45) is 0. The van der Waals surface area contributed by atoms with Crippen molar-refractivity contribution >= 4 is 34.5 Å². The third-order valence-electron chi connectivity index (χ3n) is 2.38. The van der Waals surface area contributed by atoms with Crippen LogP contribution in [0.25, 0.3) is 0 Å². The summed E-state index contributed by atoms with van der Waals surface area (Å²) in [5.41, 5.74) is -0.780. The summed E-state index contributed by atoms with van der Waals surface area (Å²) in [5, 5.41) is 0. The molecule has 0 atom stereocenters. The molecule has 116 valence electrons. The van der Waals surface area contributed by atoms with Gasteiger partial charge in [0.25, 0.3) is 0 Å². The summed E-state index contributed by atoms with van der Waals surface area (Å²) >= 11 is 2.05. The van der Waals surface area contributed by atoms with Crippen molar-refractivity contribution in [3.8, 4) is 5.75 Å². The molecular formula is C16H21IO4. The van der Waals surface area contributed by atoms with E-state index in [-0.39, 0.29) is 5.97 Å². The van der Waals surface area contributed by atoms with Crippen molar-refractivity contribution in [3.05, 3.63) is 27.3 Å². The lowest BCUT2D eigenvalue weighted by molar-refractivity contribution is -0.143. The van der Waals surface area contributed by atoms with Crippen molar-refractivity contribution in [1.82, 2.24) is 0 Å². The van der Waals surface area contributed by atoms with Gasteiger partial charge in [-0.3, -0.25) is 4.79 Å². The second kappa shape index (κ2) is 6.34. The van der Waals surface area contributed by atoms with Crippen LogP contribution >= 0.6 is 22.6 Å². The fourth-order valence-corrected chi connectivity index (χ4v) is 1.87. The smallest absolute Gasteiger partial charge is 0.339 e. The topological polar surface area (TPSA) is 52.6 Å². The van der Waals surface area contributed by atoms with Crippen LogP contribution in [0.3, 0.4) is 0 Å². The molecule has 0 heterocycles. The first-order valence-corrected chi connectivity index (χ1v) is 7.73. The standard InChI is InChI=1S/C16H21IO4/c1-15(2,3)14(19)20-10-7-8-12(17)11(9-10)13(18)21-16(4,5)6/h7-9H,1-6H3. The number of carbonyl (C=O) groups is 2. The molecule has 0 fully saturated rings. The van der Waals surface area contributed by atoms with Crippen LogP contribution in [-0.4, -0.2) is 17.5 Å². The van der Waals surface area contributed by atoms with E-state index in [0.717, 1.165) is 3.57 Å². The highest BCUT2D eigenvalue weighted by Gasteiger charge is 2.25. The second-order valence-electron chi connectivity index (χ2n) is 6.78. The number of benzene rings is 1. The molecule has 0 radical (unpaired) electrons. The Morgan fingerprint density at radius 3 is 2.10 bits per heavy atom. The molecule has 1 aromatic rings. The number of hydrogen-bond donors (Lipinski definition) is 0. The zero-order valence-corrected chi connectivity index (χ0v) is 15.4. The fraction of sp³-hybridized carbons (Fsp3) is 0.500. The Morgan fingerprint density at radius 1 is 1.05 bits per heavy atom. The molecule has 0 saturated heterocycles. The van der Waals surface area contributed by atoms with Crippen LogP contribution in [-0.2, 0) is 9.53 Å². The second-order valence-corrected chi connectivity index (χ2v) is 7.95. The van der Waals surface area contributed by atoms with E-state index in [4.69, 9.17) is 9.47 Å². The third kappa shape index (κ3) is 5.65. The van der Waals surface area contributed by atoms with Crippen LogP contribution in [0.2, 0.25) is 0 Å². The molecule has 0 saturated carbocycles. The Balaban J connectivity index is 3.00. The van der Waals surface area contributed by atoms with Gasteiger partial charge < -0.3 is 9.47 Å². The van der Waals surface area contributed by atoms with Gasteiger partial charge in [0.1, 0.15) is 11.4 Å². The monoisotopic (exact) mass is 404 g/mol. The molecule has 0 aliphatic heterocycles. The molecule has 0 aliphatic rings. The number of esters is 2. The largest absolute Gasteiger partial charge is 0.456 e. The van der Waals surface area contributed by atoms with Gasteiger partial charge in [-0.1, -0.05) is 0 Å². The highest BCUT2D eigenvalue weighted by Crippen LogP contribution is 2.24. The van der Waals surface area contributed by atoms with Gasteiger partial charge in [0.05, 0.1) is 11.0 Å². The Hall–Kier alpha value is -1.11. The van der Waals surface area contributed by atoms with Crippen molar-refractivity contribution in [3.63, 3.8) is 0 Å². The fourth-order valence-electron chi connectivity index (χ4n) is 1.32. The molecule has 1 rings (SSSR count). The predicted octanol–water partition coefficient (Wildman–Crippen LogP) is 4.20. The summed E-state index contributed by atoms with van der Waals surface area (Å²) in [4.78, 5) is 24.0. The Morgan fingerprint density at radius 2 is 1.62 bits per heavy atom. The van der Waals surface area contributed by atoms with Gasteiger partial charge in [-0.25, -0.2) is 4.79 Å². The minimum atomic E-state index is -0.602. The number of carbonyl (C=O) groups excluding carboxylic acids is 2. The van der Waals surface area contributed by atoms with Crippen LogP contribution in [0.5, 0.6) is 5.75 Å². The van der Waals surface area contributed by atoms with Crippen molar-refractivity contribution < 1.29 is 19.1 Å². The quantitative estimate of drug-likeness (QED) is 0.421. The molecule has 0 aliphatic carbocycles. The van der Waals surface area contributed by atoms with Gasteiger partial charge in [-0.2, -0.15) is 0 Å². The van der Waals surface area contributed by atoms with Crippen LogP contribution in [0.4, 0.5) is 0 Å². The van der Waals surface area contributed by atoms with Crippen molar-refractivity contribution in [2.24, 2.45) is 5.41 Å². The summed E-state index contributed by atoms with van der Waals surface area (Å²) in [5.74, 6) is -0.435. The van der Waals surface area contributed by atoms with Gasteiger partial charge in [0.15, 0.2) is 0 Å². The molecule has 0 spiro atoms. The Bertz CT molecular complexity index is 550. The SMILES string of the molecule is CC(C)(C)OC(=O)c1cc(OC(=O)C(C)(C)C)ccc1I. The minimum Gasteiger partial charge on any atom is -0.456 e. The number of hydrogen-bond acceptors (Lipinski definition) is 4. The average Bonchev–Trinajstić information content (AvgIpc) is 2.27. The van der Waals surface area contributed by atoms with Crippen LogP contribution < -0.4 is 4.74 Å². The Kier molecular flexibility index (Phi) is 5.41. The predicted molar refractivity (Wildman–Crippen MR) is 89.4 cm³/mol. The van der Waals surface area contributed by atoms with E-state index in [0.29, 0.717) is 11.3 Å². The number of halogens is 1. The highest BCUT2D eigenvalue weighted by molar-refractivity contribution is 14.1. The summed E-state index contributed by atoms with van der Waals surface area (Å²) in [6.45, 7) is 10.7. The molecule has 0 N–H and O–H groups in total. The minimum absolute atomic E-state index is 0.344. The molecule has 0 unspecified atom stereocenters. The van der Waals surface area contributed by atoms with Crippen molar-refractivity contribution in [2.75, 3.05) is 0 Å². The highest BCUT2D eigenvalue weighted by atomic mass is 127. The molecular weight excluding hydrogens is 383 g/mol. The van der Waals surface area contributed by atoms with E-state index in [1.54, 1.807) is 59.7 Å². The lowest BCUT2D eigenvalue weighted by Gasteiger charge is -2.20. The van der Waals surface area contributed by atoms with Crippen LogP contribution in [0.15, 0.2) is 18.2 Å². The molecule has 21 heavy (non-hydrogen) atoms. The number of rotatable bonds is 2. The maximum atomic E-state index is 12.1. The summed E-state index contributed by atoms with van der Waals surface area (Å²) in [6, 6.07) is 4.93. The van der Waals surface area contributed by atoms with Crippen molar-refractivity contribution in [1.29, 1.82) is 0 Å². The van der Waals surface area contributed by atoms with E-state index in [2.05, 4.69) is 22.6 Å². The summed E-state index contributed by atoms with van der Waals surface area (Å²) in [7, 11) is 0. The zero-order valence-electron chi connectivity index (χ0n) is 13.2. The average molecular weight is 404 g/mol. The third-order valence-corrected chi connectivity index (χ3v) is 3.32. The van der Waals surface area contributed by atoms with Crippen LogP contribution in [0.1, 0.15) is 51.9 Å². The molecule has 0 amide bonds. The first kappa shape index (κ1) is 17.9. The number of ether oxygens (including phenoxy) is 2. The van der Waals surface area contributed by atoms with Gasteiger partial charge >= 0.3 is 11.9 Å². The lowest BCUT2D eigenvalue weighted by atomic mass is 9.97. The first-order valence-electron chi connectivity index (χ1n) is 6.65. The lowest BCUT2D eigenvalue weighted by Crippen LogP contribution is -2.26. The van der Waals surface area contributed by atoms with E-state index in [9.17, 15) is 9.59 Å². The molecule has 1 aromatic carbocycles. The van der Waals surface area contributed by atoms with E-state index < -0.39 is 17.0 Å². The van der Waals surface area contributed by atoms with Gasteiger partial charge in [-0.05, 0) is 82.3 Å². The molecule has 5 heteroatoms. The molecule has 0 bridgehead atoms. The molecule has 4 nitrogen and oxygen atoms in total. The van der Waals surface area contributed by atoms with Crippen LogP contribution in [0, 0.1) is 8.99 Å². The van der Waals surface area contributed by atoms with E-state index in [1.165, 1.54) is 0 Å². The van der Waals surface area contributed by atoms with Gasteiger partial charge in [-0.15, -0.1) is 0 Å². The van der Waals surface area contributed by atoms with Gasteiger partial charge in [0.2, 0.25) is 0 Å². The zero-order chi connectivity index (χ0) is 16.4. The normalized spacial score (nSPS) is 12.0. The molecule has 0 aromatic heterocycles. The Labute approximate surface area is 139 Å². The van der Waals surface area contributed by atoms with Crippen molar-refractivity contribution in [2.45, 2.75) is 47.1 Å². The maximum absolute atomic E-state index is 12.1. The van der Waals surface area contributed by atoms with E-state index in [1.807, 2.05) is 0 Å². The first-order chi connectivity index (χ1) is 9.40. The summed E-state index contributed by atoms with van der Waals surface area (Å²) < 4.78 is 11.4.